The van der Waals surface area contributed by atoms with Crippen molar-refractivity contribution in [3.63, 3.8) is 0 Å². The summed E-state index contributed by atoms with van der Waals surface area (Å²) in [7, 11) is 0. The lowest BCUT2D eigenvalue weighted by molar-refractivity contribution is -0.123. The molecular formula is C22H19BrN4O2. The number of hydrogen-bond acceptors (Lipinski definition) is 4. The third-order valence-electron chi connectivity index (χ3n) is 4.45. The zero-order valence-electron chi connectivity index (χ0n) is 15.7. The molecule has 0 spiro atoms. The Hall–Kier alpha value is -3.19. The minimum Gasteiger partial charge on any atom is -0.484 e. The molecule has 1 heterocycles. The van der Waals surface area contributed by atoms with Crippen LogP contribution in [0.25, 0.3) is 10.8 Å². The Morgan fingerprint density at radius 2 is 1.86 bits per heavy atom. The minimum absolute atomic E-state index is 0.102. The molecule has 1 unspecified atom stereocenters. The third-order valence-corrected chi connectivity index (χ3v) is 4.95. The number of aromatic nitrogens is 3. The van der Waals surface area contributed by atoms with Crippen LogP contribution < -0.4 is 10.1 Å². The maximum Gasteiger partial charge on any atom is 0.258 e. The number of carbonyl (C=O) groups is 1. The van der Waals surface area contributed by atoms with E-state index >= 15 is 0 Å². The minimum atomic E-state index is -0.453. The Kier molecular flexibility index (Phi) is 5.57. The Morgan fingerprint density at radius 3 is 2.62 bits per heavy atom. The topological polar surface area (TPSA) is 79.9 Å². The van der Waals surface area contributed by atoms with Gasteiger partial charge in [0, 0.05) is 4.47 Å². The van der Waals surface area contributed by atoms with Gasteiger partial charge in [0.25, 0.3) is 5.91 Å². The molecule has 0 bridgehead atoms. The summed E-state index contributed by atoms with van der Waals surface area (Å²) in [6.07, 6.45) is 0. The van der Waals surface area contributed by atoms with Gasteiger partial charge in [0.1, 0.15) is 17.6 Å². The Morgan fingerprint density at radius 1 is 1.10 bits per heavy atom. The summed E-state index contributed by atoms with van der Waals surface area (Å²) in [6.45, 7) is 1.72. The summed E-state index contributed by atoms with van der Waals surface area (Å²) < 4.78 is 6.73. The van der Waals surface area contributed by atoms with Gasteiger partial charge in [-0.15, -0.1) is 0 Å². The highest BCUT2D eigenvalue weighted by molar-refractivity contribution is 9.10. The van der Waals surface area contributed by atoms with E-state index in [1.807, 2.05) is 73.7 Å². The molecule has 29 heavy (non-hydrogen) atoms. The Balaban J connectivity index is 1.46. The number of aryl methyl sites for hydroxylation is 1. The molecule has 0 saturated carbocycles. The van der Waals surface area contributed by atoms with Crippen molar-refractivity contribution in [3.05, 3.63) is 88.4 Å². The van der Waals surface area contributed by atoms with Crippen LogP contribution >= 0.6 is 15.9 Å². The van der Waals surface area contributed by atoms with E-state index in [1.54, 1.807) is 0 Å². The molecule has 0 fully saturated rings. The van der Waals surface area contributed by atoms with E-state index in [-0.39, 0.29) is 12.5 Å². The molecule has 0 radical (unpaired) electrons. The van der Waals surface area contributed by atoms with E-state index in [0.717, 1.165) is 20.8 Å². The summed E-state index contributed by atoms with van der Waals surface area (Å²) in [5, 5.41) is 12.1. The first-order valence-corrected chi connectivity index (χ1v) is 9.93. The van der Waals surface area contributed by atoms with Crippen molar-refractivity contribution >= 4 is 32.6 Å². The maximum atomic E-state index is 12.6. The largest absolute Gasteiger partial charge is 0.484 e. The summed E-state index contributed by atoms with van der Waals surface area (Å²) in [5.41, 5.74) is 0.899. The lowest BCUT2D eigenvalue weighted by Gasteiger charge is -2.16. The van der Waals surface area contributed by atoms with Gasteiger partial charge in [0.05, 0.1) is 0 Å². The molecule has 1 amide bonds. The van der Waals surface area contributed by atoms with Crippen molar-refractivity contribution in [1.29, 1.82) is 0 Å². The fourth-order valence-electron chi connectivity index (χ4n) is 3.07. The number of nitrogens with one attached hydrogen (secondary N) is 2. The van der Waals surface area contributed by atoms with Gasteiger partial charge in [0.2, 0.25) is 0 Å². The zero-order chi connectivity index (χ0) is 20.2. The van der Waals surface area contributed by atoms with E-state index in [1.165, 1.54) is 0 Å². The number of aromatic amines is 1. The quantitative estimate of drug-likeness (QED) is 0.458. The molecule has 6 nitrogen and oxygen atoms in total. The van der Waals surface area contributed by atoms with Gasteiger partial charge in [0.15, 0.2) is 12.4 Å². The van der Waals surface area contributed by atoms with Gasteiger partial charge < -0.3 is 10.1 Å². The summed E-state index contributed by atoms with van der Waals surface area (Å²) in [4.78, 5) is 17.0. The molecule has 0 aliphatic heterocycles. The number of fused-ring (bicyclic) bond motifs is 1. The van der Waals surface area contributed by atoms with Crippen LogP contribution in [0.2, 0.25) is 0 Å². The number of ether oxygens (including phenoxy) is 1. The van der Waals surface area contributed by atoms with Crippen molar-refractivity contribution in [1.82, 2.24) is 20.5 Å². The van der Waals surface area contributed by atoms with Crippen LogP contribution in [0.1, 0.15) is 23.3 Å². The van der Waals surface area contributed by atoms with E-state index < -0.39 is 6.04 Å². The maximum absolute atomic E-state index is 12.6. The first-order valence-electron chi connectivity index (χ1n) is 9.14. The Bertz CT molecular complexity index is 1140. The molecular weight excluding hydrogens is 432 g/mol. The van der Waals surface area contributed by atoms with E-state index in [0.29, 0.717) is 17.4 Å². The van der Waals surface area contributed by atoms with Gasteiger partial charge in [-0.3, -0.25) is 9.89 Å². The fraction of sp³-hybridized carbons (Fsp3) is 0.136. The van der Waals surface area contributed by atoms with Crippen LogP contribution in [0.5, 0.6) is 5.75 Å². The highest BCUT2D eigenvalue weighted by Gasteiger charge is 2.21. The molecule has 4 aromatic rings. The lowest BCUT2D eigenvalue weighted by Crippen LogP contribution is -2.33. The number of H-pyrrole nitrogens is 1. The lowest BCUT2D eigenvalue weighted by atomic mass is 10.1. The van der Waals surface area contributed by atoms with E-state index in [2.05, 4.69) is 36.4 Å². The SMILES string of the molecule is Cc1nc(C(NC(=O)COc2ccc3cc(Br)ccc3c2)c2ccccc2)n[nH]1. The van der Waals surface area contributed by atoms with E-state index in [4.69, 9.17) is 4.74 Å². The van der Waals surface area contributed by atoms with Crippen LogP contribution in [0, 0.1) is 6.92 Å². The average Bonchev–Trinajstić information content (AvgIpc) is 3.17. The predicted molar refractivity (Wildman–Crippen MR) is 115 cm³/mol. The second-order valence-electron chi connectivity index (χ2n) is 6.63. The second kappa shape index (κ2) is 8.45. The average molecular weight is 451 g/mol. The smallest absolute Gasteiger partial charge is 0.258 e. The van der Waals surface area contributed by atoms with Crippen molar-refractivity contribution in [2.45, 2.75) is 13.0 Å². The van der Waals surface area contributed by atoms with Gasteiger partial charge in [-0.2, -0.15) is 5.10 Å². The molecule has 0 aliphatic rings. The number of rotatable bonds is 6. The number of amides is 1. The van der Waals surface area contributed by atoms with Gasteiger partial charge in [-0.25, -0.2) is 4.98 Å². The molecule has 1 aromatic heterocycles. The summed E-state index contributed by atoms with van der Waals surface area (Å²) in [5.74, 6) is 1.59. The summed E-state index contributed by atoms with van der Waals surface area (Å²) >= 11 is 3.47. The molecule has 3 aromatic carbocycles. The van der Waals surface area contributed by atoms with Crippen LogP contribution in [0.4, 0.5) is 0 Å². The van der Waals surface area contributed by atoms with Crippen molar-refractivity contribution in [3.8, 4) is 5.75 Å². The monoisotopic (exact) mass is 450 g/mol. The standard InChI is InChI=1S/C22H19BrN4O2/c1-14-24-22(27-26-14)21(15-5-3-2-4-6-15)25-20(28)13-29-19-10-8-16-11-18(23)9-7-17(16)12-19/h2-12,21H,13H2,1H3,(H,25,28)(H,24,26,27). The van der Waals surface area contributed by atoms with Crippen LogP contribution in [-0.2, 0) is 4.79 Å². The number of halogens is 1. The van der Waals surface area contributed by atoms with Crippen molar-refractivity contribution in [2.24, 2.45) is 0 Å². The van der Waals surface area contributed by atoms with Crippen molar-refractivity contribution in [2.75, 3.05) is 6.61 Å². The highest BCUT2D eigenvalue weighted by atomic mass is 79.9. The zero-order valence-corrected chi connectivity index (χ0v) is 17.3. The Labute approximate surface area is 176 Å². The molecule has 0 saturated heterocycles. The molecule has 4 rings (SSSR count). The highest BCUT2D eigenvalue weighted by Crippen LogP contribution is 2.24. The van der Waals surface area contributed by atoms with Gasteiger partial charge in [-0.05, 0) is 47.5 Å². The number of hydrogen-bond donors (Lipinski definition) is 2. The molecule has 1 atom stereocenters. The van der Waals surface area contributed by atoms with Gasteiger partial charge in [-0.1, -0.05) is 58.4 Å². The first kappa shape index (κ1) is 19.1. The first-order chi connectivity index (χ1) is 14.1. The number of benzene rings is 3. The normalized spacial score (nSPS) is 11.9. The molecule has 7 heteroatoms. The van der Waals surface area contributed by atoms with Crippen LogP contribution in [-0.4, -0.2) is 27.7 Å². The van der Waals surface area contributed by atoms with Crippen molar-refractivity contribution < 1.29 is 9.53 Å². The molecule has 146 valence electrons. The molecule has 2 N–H and O–H groups in total. The second-order valence-corrected chi connectivity index (χ2v) is 7.55. The predicted octanol–water partition coefficient (Wildman–Crippen LogP) is 4.31. The molecule has 0 aliphatic carbocycles. The number of carbonyl (C=O) groups excluding carboxylic acids is 1. The van der Waals surface area contributed by atoms with E-state index in [9.17, 15) is 4.79 Å². The number of nitrogens with zero attached hydrogens (tertiary/aromatic N) is 2. The summed E-state index contributed by atoms with van der Waals surface area (Å²) in [6, 6.07) is 20.9. The van der Waals surface area contributed by atoms with Gasteiger partial charge >= 0.3 is 0 Å². The fourth-order valence-corrected chi connectivity index (χ4v) is 3.45. The van der Waals surface area contributed by atoms with Crippen LogP contribution in [0.3, 0.4) is 0 Å². The third kappa shape index (κ3) is 4.63. The van der Waals surface area contributed by atoms with Crippen LogP contribution in [0.15, 0.2) is 71.2 Å².